The summed E-state index contributed by atoms with van der Waals surface area (Å²) in [6.45, 7) is 0. The Morgan fingerprint density at radius 1 is 1.64 bits per heavy atom. The molecule has 2 heterocycles. The van der Waals surface area contributed by atoms with Crippen LogP contribution < -0.4 is 5.48 Å². The van der Waals surface area contributed by atoms with Crippen LogP contribution in [0.15, 0.2) is 10.7 Å². The molecule has 7 heteroatoms. The first-order chi connectivity index (χ1) is 5.36. The minimum absolute atomic E-state index is 0.261. The van der Waals surface area contributed by atoms with Gasteiger partial charge in [0, 0.05) is 0 Å². The van der Waals surface area contributed by atoms with E-state index in [2.05, 4.69) is 42.0 Å². The molecule has 0 fully saturated rings. The van der Waals surface area contributed by atoms with Crippen LogP contribution in [-0.4, -0.2) is 20.6 Å². The quantitative estimate of drug-likeness (QED) is 0.649. The molecular formula is C4H4BrN5O. The SMILES string of the molecule is BrC1=CC(c2nn[nH]n2)ON1. The van der Waals surface area contributed by atoms with Crippen LogP contribution in [0, 0.1) is 0 Å². The maximum Gasteiger partial charge on any atom is 0.209 e. The van der Waals surface area contributed by atoms with Crippen LogP contribution in [0.2, 0.25) is 0 Å². The maximum atomic E-state index is 5.04. The van der Waals surface area contributed by atoms with Crippen molar-refractivity contribution in [2.45, 2.75) is 6.10 Å². The summed E-state index contributed by atoms with van der Waals surface area (Å²) in [6.07, 6.45) is 1.54. The van der Waals surface area contributed by atoms with Crippen molar-refractivity contribution in [1.82, 2.24) is 26.1 Å². The zero-order valence-corrected chi connectivity index (χ0v) is 6.87. The van der Waals surface area contributed by atoms with Gasteiger partial charge in [0.1, 0.15) is 4.61 Å². The second-order valence-corrected chi connectivity index (χ2v) is 2.78. The highest BCUT2D eigenvalue weighted by Crippen LogP contribution is 2.22. The standard InChI is InChI=1S/C4H4BrN5O/c5-3-1-2(11-8-3)4-6-9-10-7-4/h1-2,8H,(H,6,7,9,10). The van der Waals surface area contributed by atoms with Gasteiger partial charge in [-0.05, 0) is 22.0 Å². The number of H-pyrrole nitrogens is 1. The van der Waals surface area contributed by atoms with Crippen LogP contribution in [0.5, 0.6) is 0 Å². The smallest absolute Gasteiger partial charge is 0.209 e. The largest absolute Gasteiger partial charge is 0.260 e. The first-order valence-corrected chi connectivity index (χ1v) is 3.68. The number of nitrogens with one attached hydrogen (secondary N) is 2. The molecule has 0 spiro atoms. The fourth-order valence-electron chi connectivity index (χ4n) is 0.738. The average Bonchev–Trinajstić information content (AvgIpc) is 2.55. The van der Waals surface area contributed by atoms with Crippen molar-refractivity contribution < 1.29 is 4.84 Å². The molecule has 58 valence electrons. The van der Waals surface area contributed by atoms with Gasteiger partial charge in [0.05, 0.1) is 0 Å². The number of halogens is 1. The van der Waals surface area contributed by atoms with Crippen molar-refractivity contribution in [2.75, 3.05) is 0 Å². The Hall–Kier alpha value is -0.950. The number of hydroxylamine groups is 1. The number of nitrogens with zero attached hydrogens (tertiary/aromatic N) is 3. The van der Waals surface area contributed by atoms with E-state index < -0.39 is 0 Å². The van der Waals surface area contributed by atoms with Crippen LogP contribution in [0.1, 0.15) is 11.9 Å². The summed E-state index contributed by atoms with van der Waals surface area (Å²) < 4.78 is 0.771. The molecule has 0 saturated carbocycles. The van der Waals surface area contributed by atoms with Gasteiger partial charge < -0.3 is 0 Å². The fourth-order valence-corrected chi connectivity index (χ4v) is 1.07. The summed E-state index contributed by atoms with van der Waals surface area (Å²) in [5.74, 6) is 0.506. The van der Waals surface area contributed by atoms with Gasteiger partial charge in [0.2, 0.25) is 5.82 Å². The molecule has 1 aliphatic rings. The van der Waals surface area contributed by atoms with Crippen LogP contribution in [0.4, 0.5) is 0 Å². The van der Waals surface area contributed by atoms with Gasteiger partial charge in [-0.25, -0.2) is 0 Å². The molecule has 0 saturated heterocycles. The van der Waals surface area contributed by atoms with Gasteiger partial charge in [0.15, 0.2) is 6.10 Å². The summed E-state index contributed by atoms with van der Waals surface area (Å²) in [5.41, 5.74) is 2.61. The molecule has 1 aliphatic heterocycles. The molecule has 2 N–H and O–H groups in total. The maximum absolute atomic E-state index is 5.04. The Bertz CT molecular complexity index is 270. The van der Waals surface area contributed by atoms with E-state index in [9.17, 15) is 0 Å². The van der Waals surface area contributed by atoms with E-state index in [-0.39, 0.29) is 6.10 Å². The van der Waals surface area contributed by atoms with E-state index in [4.69, 9.17) is 4.84 Å². The van der Waals surface area contributed by atoms with Crippen molar-refractivity contribution in [3.63, 3.8) is 0 Å². The number of aromatic amines is 1. The molecule has 1 atom stereocenters. The molecule has 6 nitrogen and oxygen atoms in total. The Kier molecular flexibility index (Phi) is 1.59. The monoisotopic (exact) mass is 217 g/mol. The summed E-state index contributed by atoms with van der Waals surface area (Å²) in [4.78, 5) is 5.04. The van der Waals surface area contributed by atoms with Gasteiger partial charge >= 0.3 is 0 Å². The van der Waals surface area contributed by atoms with Crippen molar-refractivity contribution in [1.29, 1.82) is 0 Å². The number of aromatic nitrogens is 4. The molecular weight excluding hydrogens is 214 g/mol. The minimum atomic E-state index is -0.261. The van der Waals surface area contributed by atoms with E-state index in [0.717, 1.165) is 4.61 Å². The van der Waals surface area contributed by atoms with E-state index >= 15 is 0 Å². The third kappa shape index (κ3) is 1.24. The zero-order valence-electron chi connectivity index (χ0n) is 5.28. The van der Waals surface area contributed by atoms with Crippen LogP contribution in [-0.2, 0) is 4.84 Å². The summed E-state index contributed by atoms with van der Waals surface area (Å²) >= 11 is 3.20. The molecule has 1 aromatic heterocycles. The second kappa shape index (κ2) is 2.59. The molecule has 0 aromatic carbocycles. The third-order valence-corrected chi connectivity index (χ3v) is 1.62. The van der Waals surface area contributed by atoms with E-state index in [0.29, 0.717) is 5.82 Å². The lowest BCUT2D eigenvalue weighted by Crippen LogP contribution is -2.06. The fraction of sp³-hybridized carbons (Fsp3) is 0.250. The highest BCUT2D eigenvalue weighted by molar-refractivity contribution is 9.11. The number of rotatable bonds is 1. The Balaban J connectivity index is 2.20. The third-order valence-electron chi connectivity index (χ3n) is 1.20. The van der Waals surface area contributed by atoms with Crippen molar-refractivity contribution in [3.8, 4) is 0 Å². The van der Waals surface area contributed by atoms with Gasteiger partial charge in [-0.1, -0.05) is 5.21 Å². The molecule has 11 heavy (non-hydrogen) atoms. The molecule has 0 aliphatic carbocycles. The predicted octanol–water partition coefficient (Wildman–Crippen LogP) is 0.0119. The minimum Gasteiger partial charge on any atom is -0.260 e. The highest BCUT2D eigenvalue weighted by Gasteiger charge is 2.20. The average molecular weight is 218 g/mol. The molecule has 0 bridgehead atoms. The normalized spacial score (nSPS) is 23.0. The topological polar surface area (TPSA) is 75.7 Å². The zero-order chi connectivity index (χ0) is 7.68. The summed E-state index contributed by atoms with van der Waals surface area (Å²) in [6, 6.07) is 0. The lowest BCUT2D eigenvalue weighted by atomic mass is 10.3. The van der Waals surface area contributed by atoms with Crippen LogP contribution in [0.3, 0.4) is 0 Å². The first kappa shape index (κ1) is 6.74. The molecule has 0 radical (unpaired) electrons. The molecule has 1 aromatic rings. The van der Waals surface area contributed by atoms with Crippen molar-refractivity contribution in [3.05, 3.63) is 16.5 Å². The van der Waals surface area contributed by atoms with Gasteiger partial charge in [-0.15, -0.1) is 10.2 Å². The van der Waals surface area contributed by atoms with Gasteiger partial charge in [-0.3, -0.25) is 10.3 Å². The van der Waals surface area contributed by atoms with Crippen LogP contribution in [0.25, 0.3) is 0 Å². The van der Waals surface area contributed by atoms with Gasteiger partial charge in [-0.2, -0.15) is 5.21 Å². The first-order valence-electron chi connectivity index (χ1n) is 2.88. The molecule has 2 rings (SSSR count). The van der Waals surface area contributed by atoms with Gasteiger partial charge in [0.25, 0.3) is 0 Å². The lowest BCUT2D eigenvalue weighted by molar-refractivity contribution is 0.0409. The van der Waals surface area contributed by atoms with E-state index in [1.165, 1.54) is 0 Å². The highest BCUT2D eigenvalue weighted by atomic mass is 79.9. The number of hydrogen-bond donors (Lipinski definition) is 2. The number of hydrogen-bond acceptors (Lipinski definition) is 5. The second-order valence-electron chi connectivity index (χ2n) is 1.93. The Morgan fingerprint density at radius 2 is 2.55 bits per heavy atom. The molecule has 0 amide bonds. The summed E-state index contributed by atoms with van der Waals surface area (Å²) in [5, 5.41) is 13.3. The molecule has 1 unspecified atom stereocenters. The predicted molar refractivity (Wildman–Crippen MR) is 38.1 cm³/mol. The Morgan fingerprint density at radius 3 is 3.09 bits per heavy atom. The van der Waals surface area contributed by atoms with E-state index in [1.54, 1.807) is 6.08 Å². The Labute approximate surface area is 70.1 Å². The van der Waals surface area contributed by atoms with Crippen LogP contribution >= 0.6 is 15.9 Å². The number of tetrazole rings is 1. The van der Waals surface area contributed by atoms with Crippen molar-refractivity contribution >= 4 is 15.9 Å². The lowest BCUT2D eigenvalue weighted by Gasteiger charge is -1.99. The summed E-state index contributed by atoms with van der Waals surface area (Å²) in [7, 11) is 0. The van der Waals surface area contributed by atoms with Crippen molar-refractivity contribution in [2.24, 2.45) is 0 Å². The van der Waals surface area contributed by atoms with E-state index in [1.807, 2.05) is 0 Å².